The number of halogens is 2. The molecule has 0 aliphatic heterocycles. The molecule has 0 heterocycles. The van der Waals surface area contributed by atoms with Crippen molar-refractivity contribution in [3.8, 4) is 0 Å². The number of hydrogen-bond acceptors (Lipinski definition) is 2. The molecule has 0 aliphatic rings. The molecule has 0 atom stereocenters. The van der Waals surface area contributed by atoms with E-state index in [0.717, 1.165) is 0 Å². The second-order valence-electron chi connectivity index (χ2n) is 16.0. The molecular weight excluding hydrogens is 576 g/mol. The predicted octanol–water partition coefficient (Wildman–Crippen LogP) is 10.4. The Morgan fingerprint density at radius 3 is 0.795 bits per heavy atom. The topological polar surface area (TPSA) is 6.48 Å². The molecule has 0 aromatic heterocycles. The van der Waals surface area contributed by atoms with Crippen LogP contribution in [0.5, 0.6) is 0 Å². The molecule has 0 bridgehead atoms. The third-order valence-corrected chi connectivity index (χ3v) is 55.7. The minimum absolute atomic E-state index is 0.0705. The van der Waals surface area contributed by atoms with Crippen LogP contribution in [-0.2, 0) is 0 Å². The number of nitrogens with zero attached hydrogens (tertiary/aromatic N) is 2. The molecule has 0 saturated carbocycles. The van der Waals surface area contributed by atoms with Crippen molar-refractivity contribution in [1.82, 2.24) is 0 Å². The van der Waals surface area contributed by atoms with Crippen molar-refractivity contribution in [1.29, 1.82) is 0 Å². The van der Waals surface area contributed by atoms with Gasteiger partial charge < -0.3 is 0 Å². The van der Waals surface area contributed by atoms with Gasteiger partial charge in [0.25, 0.3) is 0 Å². The van der Waals surface area contributed by atoms with Crippen molar-refractivity contribution in [2.45, 2.75) is 104 Å². The molecule has 39 heavy (non-hydrogen) atoms. The molecule has 7 heteroatoms. The summed E-state index contributed by atoms with van der Waals surface area (Å²) in [5.74, 6) is 0. The average Bonchev–Trinajstić information content (AvgIpc) is 2.70. The predicted molar refractivity (Wildman–Crippen MR) is 196 cm³/mol. The third kappa shape index (κ3) is 5.54. The molecule has 0 aliphatic carbocycles. The van der Waals surface area contributed by atoms with Crippen molar-refractivity contribution < 1.29 is 0 Å². The number of hydrogen-bond donors (Lipinski definition) is 0. The van der Waals surface area contributed by atoms with Crippen LogP contribution >= 0.6 is 41.7 Å². The summed E-state index contributed by atoms with van der Waals surface area (Å²) in [7, 11) is 8.40. The molecule has 0 saturated heterocycles. The zero-order chi connectivity index (χ0) is 30.6. The van der Waals surface area contributed by atoms with Gasteiger partial charge in [0.2, 0.25) is 0 Å². The van der Waals surface area contributed by atoms with Crippen LogP contribution in [0, 0.1) is 0 Å². The Labute approximate surface area is 253 Å². The number of anilines is 2. The molecule has 0 fully saturated rings. The molecular formula is C32H59Cl2N2P3. The van der Waals surface area contributed by atoms with Crippen LogP contribution in [-0.4, -0.2) is 48.8 Å². The van der Waals surface area contributed by atoms with Gasteiger partial charge in [-0.25, -0.2) is 0 Å². The van der Waals surface area contributed by atoms with Crippen LogP contribution in [0.2, 0.25) is 0 Å². The van der Waals surface area contributed by atoms with E-state index in [4.69, 9.17) is 22.5 Å². The van der Waals surface area contributed by atoms with Gasteiger partial charge >= 0.3 is 254 Å². The van der Waals surface area contributed by atoms with Crippen molar-refractivity contribution in [3.05, 3.63) is 48.5 Å². The summed E-state index contributed by atoms with van der Waals surface area (Å²) in [5.41, 5.74) is 2.41. The second kappa shape index (κ2) is 11.2. The van der Waals surface area contributed by atoms with Gasteiger partial charge in [-0.1, -0.05) is 0 Å². The van der Waals surface area contributed by atoms with E-state index in [9.17, 15) is 0 Å². The van der Waals surface area contributed by atoms with Crippen LogP contribution < -0.4 is 20.4 Å². The van der Waals surface area contributed by atoms with Gasteiger partial charge in [0, 0.05) is 0 Å². The van der Waals surface area contributed by atoms with Gasteiger partial charge in [0.15, 0.2) is 0 Å². The normalized spacial score (nSPS) is 15.6. The summed E-state index contributed by atoms with van der Waals surface area (Å²) in [6.07, 6.45) is 0. The molecule has 2 rings (SSSR count). The number of benzene rings is 2. The molecule has 0 N–H and O–H groups in total. The first-order valence-corrected chi connectivity index (χ1v) is 24.3. The summed E-state index contributed by atoms with van der Waals surface area (Å²) in [6, 6.07) is 18.6. The maximum atomic E-state index is 8.60. The van der Waals surface area contributed by atoms with E-state index in [-0.39, 0.29) is 20.6 Å². The Morgan fingerprint density at radius 2 is 0.641 bits per heavy atom. The Morgan fingerprint density at radius 1 is 0.436 bits per heavy atom. The van der Waals surface area contributed by atoms with Crippen LogP contribution in [0.4, 0.5) is 11.4 Å². The van der Waals surface area contributed by atoms with E-state index < -0.39 is 19.2 Å². The van der Waals surface area contributed by atoms with Gasteiger partial charge in [0.05, 0.1) is 0 Å². The monoisotopic (exact) mass is 634 g/mol. The summed E-state index contributed by atoms with van der Waals surface area (Å²) in [5, 5.41) is -0.657. The first-order valence-electron chi connectivity index (χ1n) is 14.3. The van der Waals surface area contributed by atoms with E-state index in [0.29, 0.717) is 0 Å². The van der Waals surface area contributed by atoms with Gasteiger partial charge in [-0.2, -0.15) is 0 Å². The Balaban J connectivity index is 3.26. The zero-order valence-corrected chi connectivity index (χ0v) is 32.3. The quantitative estimate of drug-likeness (QED) is 0.292. The first-order chi connectivity index (χ1) is 17.3. The Hall–Kier alpha value is -0.0900. The fourth-order valence-electron chi connectivity index (χ4n) is 8.53. The average molecular weight is 636 g/mol. The summed E-state index contributed by atoms with van der Waals surface area (Å²) in [6.45, 7) is 23.7. The molecule has 2 nitrogen and oxygen atoms in total. The van der Waals surface area contributed by atoms with E-state index >= 15 is 0 Å². The van der Waals surface area contributed by atoms with Crippen LogP contribution in [0.1, 0.15) is 83.1 Å². The van der Waals surface area contributed by atoms with Crippen LogP contribution in [0.25, 0.3) is 0 Å². The zero-order valence-electron chi connectivity index (χ0n) is 27.8. The Kier molecular flexibility index (Phi) is 10.1. The first kappa shape index (κ1) is 35.1. The molecule has 0 radical (unpaired) electrons. The second-order valence-corrected chi connectivity index (χ2v) is 45.5. The fourth-order valence-corrected chi connectivity index (χ4v) is 84.5. The minimum atomic E-state index is -3.18. The van der Waals surface area contributed by atoms with Crippen molar-refractivity contribution in [2.75, 3.05) is 38.0 Å². The van der Waals surface area contributed by atoms with E-state index in [1.165, 1.54) is 22.0 Å². The van der Waals surface area contributed by atoms with E-state index in [1.54, 1.807) is 0 Å². The summed E-state index contributed by atoms with van der Waals surface area (Å²) >= 11 is 17.2. The van der Waals surface area contributed by atoms with Gasteiger partial charge in [0.1, 0.15) is 0 Å². The molecule has 2 aromatic rings. The Bertz CT molecular complexity index is 995. The van der Waals surface area contributed by atoms with Gasteiger partial charge in [-0.3, -0.25) is 0 Å². The molecule has 2 aromatic carbocycles. The fraction of sp³-hybridized carbons (Fsp3) is 0.625. The van der Waals surface area contributed by atoms with Gasteiger partial charge in [-0.15, -0.1) is 0 Å². The standard InChI is InChI=1S/C32H59Cl2N2P3/c1-29(2,3)37(30(4,5)6,27-21-17-25(18-22-27)35(13)14)39(33,34)38(31(7,8)9,32(10,11)12)28-23-19-26(20-24-28)36(15)16/h17-24,37-39H,1-16H3. The van der Waals surface area contributed by atoms with Crippen molar-refractivity contribution in [2.24, 2.45) is 0 Å². The summed E-state index contributed by atoms with van der Waals surface area (Å²) < 4.78 is 0. The molecule has 226 valence electrons. The molecule has 0 amide bonds. The third-order valence-electron chi connectivity index (χ3n) is 9.08. The SMILES string of the molecule is CN(C)c1ccc([PH](C(C)(C)C)(C(C)(C)C)[PH](Cl)(Cl)[PH](c2ccc(N(C)C)cc2)(C(C)(C)C)C(C)(C)C)cc1. The van der Waals surface area contributed by atoms with Gasteiger partial charge in [-0.05, 0) is 0 Å². The van der Waals surface area contributed by atoms with Crippen molar-refractivity contribution in [3.63, 3.8) is 0 Å². The van der Waals surface area contributed by atoms with E-state index in [2.05, 4.69) is 170 Å². The summed E-state index contributed by atoms with van der Waals surface area (Å²) in [4.78, 5) is 4.34. The van der Waals surface area contributed by atoms with Crippen LogP contribution in [0.15, 0.2) is 48.5 Å². The van der Waals surface area contributed by atoms with Crippen molar-refractivity contribution >= 4 is 63.7 Å². The maximum absolute atomic E-state index is 8.60. The van der Waals surface area contributed by atoms with E-state index in [1.807, 2.05) is 0 Å². The van der Waals surface area contributed by atoms with Crippen LogP contribution in [0.3, 0.4) is 0 Å². The molecule has 0 spiro atoms. The number of rotatable bonds is 6. The molecule has 0 unspecified atom stereocenters.